The molecular weight excluding hydrogens is 138 g/mol. The van der Waals surface area contributed by atoms with Crippen molar-refractivity contribution in [1.29, 1.82) is 0 Å². The molecule has 0 spiro atoms. The van der Waals surface area contributed by atoms with E-state index in [9.17, 15) is 0 Å². The van der Waals surface area contributed by atoms with Gasteiger partial charge in [0.25, 0.3) is 0 Å². The monoisotopic (exact) mass is 157 g/mol. The topological polar surface area (TPSA) is 35.2 Å². The Bertz CT molecular complexity index is 130. The van der Waals surface area contributed by atoms with E-state index in [0.29, 0.717) is 0 Å². The smallest absolute Gasteiger partial charge is 0.0840 e. The molecule has 0 aromatic heterocycles. The first-order chi connectivity index (χ1) is 5.05. The maximum Gasteiger partial charge on any atom is 0.0840 e. The van der Waals surface area contributed by atoms with Gasteiger partial charge in [-0.25, -0.2) is 5.90 Å². The third-order valence-corrected chi connectivity index (χ3v) is 2.56. The van der Waals surface area contributed by atoms with Crippen LogP contribution in [0.15, 0.2) is 0 Å². The van der Waals surface area contributed by atoms with Gasteiger partial charge in [-0.2, -0.15) is 0 Å². The molecule has 1 fully saturated rings. The van der Waals surface area contributed by atoms with E-state index in [1.165, 1.54) is 12.8 Å². The highest BCUT2D eigenvalue weighted by atomic mass is 16.6. The Labute approximate surface area is 69.1 Å². The van der Waals surface area contributed by atoms with Crippen molar-refractivity contribution >= 4 is 0 Å². The molecule has 0 radical (unpaired) electrons. The summed E-state index contributed by atoms with van der Waals surface area (Å²) in [5, 5.41) is 0. The highest BCUT2D eigenvalue weighted by Crippen LogP contribution is 2.40. The van der Waals surface area contributed by atoms with Crippen molar-refractivity contribution < 1.29 is 4.84 Å². The number of rotatable bonds is 4. The molecular formula is C9H19NO. The van der Waals surface area contributed by atoms with E-state index in [0.717, 1.165) is 18.3 Å². The second kappa shape index (κ2) is 3.11. The molecule has 11 heavy (non-hydrogen) atoms. The zero-order valence-corrected chi connectivity index (χ0v) is 7.76. The molecule has 66 valence electrons. The fourth-order valence-corrected chi connectivity index (χ4v) is 1.66. The second-order valence-electron chi connectivity index (χ2n) is 4.40. The molecule has 1 atom stereocenters. The van der Waals surface area contributed by atoms with Crippen molar-refractivity contribution in [3.05, 3.63) is 0 Å². The van der Waals surface area contributed by atoms with E-state index in [2.05, 4.69) is 6.92 Å². The van der Waals surface area contributed by atoms with Gasteiger partial charge in [0.15, 0.2) is 0 Å². The predicted molar refractivity (Wildman–Crippen MR) is 45.9 cm³/mol. The van der Waals surface area contributed by atoms with Gasteiger partial charge < -0.3 is 0 Å². The fraction of sp³-hybridized carbons (Fsp3) is 1.00. The van der Waals surface area contributed by atoms with Crippen LogP contribution in [0.25, 0.3) is 0 Å². The number of hydrogen-bond acceptors (Lipinski definition) is 2. The van der Waals surface area contributed by atoms with E-state index in [4.69, 9.17) is 10.7 Å². The van der Waals surface area contributed by atoms with Crippen LogP contribution in [-0.4, -0.2) is 5.60 Å². The molecule has 1 aliphatic rings. The summed E-state index contributed by atoms with van der Waals surface area (Å²) < 4.78 is 0. The van der Waals surface area contributed by atoms with Crippen LogP contribution in [0.5, 0.6) is 0 Å². The minimum atomic E-state index is -0.137. The van der Waals surface area contributed by atoms with Crippen LogP contribution in [-0.2, 0) is 4.84 Å². The van der Waals surface area contributed by atoms with Crippen molar-refractivity contribution in [2.24, 2.45) is 17.7 Å². The predicted octanol–water partition coefficient (Wildman–Crippen LogP) is 2.09. The average molecular weight is 157 g/mol. The second-order valence-corrected chi connectivity index (χ2v) is 4.40. The van der Waals surface area contributed by atoms with Crippen LogP contribution in [0.3, 0.4) is 0 Å². The lowest BCUT2D eigenvalue weighted by Gasteiger charge is -2.25. The summed E-state index contributed by atoms with van der Waals surface area (Å²) in [6, 6.07) is 0. The van der Waals surface area contributed by atoms with Gasteiger partial charge in [0.1, 0.15) is 0 Å². The number of nitrogens with two attached hydrogens (primary N) is 1. The molecule has 0 heterocycles. The summed E-state index contributed by atoms with van der Waals surface area (Å²) in [6.07, 6.45) is 3.89. The highest BCUT2D eigenvalue weighted by Gasteiger charge is 2.32. The lowest BCUT2D eigenvalue weighted by atomic mass is 9.91. The van der Waals surface area contributed by atoms with Crippen LogP contribution in [0, 0.1) is 11.8 Å². The van der Waals surface area contributed by atoms with Crippen molar-refractivity contribution in [2.75, 3.05) is 0 Å². The third kappa shape index (κ3) is 2.80. The normalized spacial score (nSPS) is 21.8. The molecule has 0 aromatic rings. The summed E-state index contributed by atoms with van der Waals surface area (Å²) >= 11 is 0. The van der Waals surface area contributed by atoms with Gasteiger partial charge in [0.2, 0.25) is 0 Å². The van der Waals surface area contributed by atoms with Gasteiger partial charge >= 0.3 is 0 Å². The lowest BCUT2D eigenvalue weighted by molar-refractivity contribution is -0.0365. The van der Waals surface area contributed by atoms with E-state index >= 15 is 0 Å². The van der Waals surface area contributed by atoms with Crippen LogP contribution >= 0.6 is 0 Å². The summed E-state index contributed by atoms with van der Waals surface area (Å²) in [4.78, 5) is 4.89. The minimum Gasteiger partial charge on any atom is -0.299 e. The Morgan fingerprint density at radius 3 is 2.45 bits per heavy atom. The first-order valence-electron chi connectivity index (χ1n) is 4.43. The van der Waals surface area contributed by atoms with Crippen molar-refractivity contribution in [2.45, 2.75) is 45.6 Å². The van der Waals surface area contributed by atoms with E-state index < -0.39 is 0 Å². The molecule has 0 saturated heterocycles. The molecule has 1 aliphatic carbocycles. The van der Waals surface area contributed by atoms with Gasteiger partial charge in [0, 0.05) is 0 Å². The lowest BCUT2D eigenvalue weighted by Crippen LogP contribution is -2.30. The van der Waals surface area contributed by atoms with Crippen molar-refractivity contribution in [3.8, 4) is 0 Å². The van der Waals surface area contributed by atoms with Crippen LogP contribution in [0.1, 0.15) is 40.0 Å². The van der Waals surface area contributed by atoms with Gasteiger partial charge in [-0.15, -0.1) is 0 Å². The van der Waals surface area contributed by atoms with Crippen LogP contribution < -0.4 is 5.90 Å². The molecule has 1 rings (SSSR count). The standard InChI is InChI=1S/C9H19NO/c1-7(8-4-5-8)6-9(2,3)11-10/h7-8H,4-6,10H2,1-3H3. The molecule has 0 aliphatic heterocycles. The van der Waals surface area contributed by atoms with Gasteiger partial charge in [-0.05, 0) is 44.9 Å². The Morgan fingerprint density at radius 1 is 1.55 bits per heavy atom. The third-order valence-electron chi connectivity index (χ3n) is 2.56. The zero-order valence-electron chi connectivity index (χ0n) is 7.76. The summed E-state index contributed by atoms with van der Waals surface area (Å²) in [7, 11) is 0. The van der Waals surface area contributed by atoms with Crippen molar-refractivity contribution in [1.82, 2.24) is 0 Å². The minimum absolute atomic E-state index is 0.137. The van der Waals surface area contributed by atoms with Gasteiger partial charge in [0.05, 0.1) is 5.60 Å². The maximum atomic E-state index is 5.18. The molecule has 2 nitrogen and oxygen atoms in total. The Balaban J connectivity index is 2.27. The molecule has 2 N–H and O–H groups in total. The molecule has 0 aromatic carbocycles. The Kier molecular flexibility index (Phi) is 2.55. The molecule has 2 heteroatoms. The van der Waals surface area contributed by atoms with E-state index in [-0.39, 0.29) is 5.60 Å². The summed E-state index contributed by atoms with van der Waals surface area (Å²) in [6.45, 7) is 6.39. The van der Waals surface area contributed by atoms with E-state index in [1.54, 1.807) is 0 Å². The van der Waals surface area contributed by atoms with Crippen LogP contribution in [0.4, 0.5) is 0 Å². The number of hydrogen-bond donors (Lipinski definition) is 1. The molecule has 0 amide bonds. The van der Waals surface area contributed by atoms with E-state index in [1.807, 2.05) is 13.8 Å². The Hall–Kier alpha value is -0.0800. The maximum absolute atomic E-state index is 5.18. The summed E-state index contributed by atoms with van der Waals surface area (Å²) in [5.41, 5.74) is -0.137. The quantitative estimate of drug-likeness (QED) is 0.634. The van der Waals surface area contributed by atoms with Gasteiger partial charge in [-0.3, -0.25) is 4.84 Å². The van der Waals surface area contributed by atoms with Gasteiger partial charge in [-0.1, -0.05) is 6.92 Å². The van der Waals surface area contributed by atoms with Crippen LogP contribution in [0.2, 0.25) is 0 Å². The molecule has 0 bridgehead atoms. The first kappa shape index (κ1) is 9.01. The highest BCUT2D eigenvalue weighted by molar-refractivity contribution is 4.83. The molecule has 1 unspecified atom stereocenters. The van der Waals surface area contributed by atoms with Crippen molar-refractivity contribution in [3.63, 3.8) is 0 Å². The Morgan fingerprint density at radius 2 is 2.09 bits per heavy atom. The average Bonchev–Trinajstić information content (AvgIpc) is 2.67. The SMILES string of the molecule is CC(CC(C)(C)ON)C1CC1. The first-order valence-corrected chi connectivity index (χ1v) is 4.43. The molecule has 1 saturated carbocycles. The summed E-state index contributed by atoms with van der Waals surface area (Å²) in [5.74, 6) is 6.90. The zero-order chi connectivity index (χ0) is 8.48. The fourth-order valence-electron chi connectivity index (χ4n) is 1.66. The largest absolute Gasteiger partial charge is 0.299 e.